The van der Waals surface area contributed by atoms with E-state index in [0.717, 1.165) is 13.2 Å². The van der Waals surface area contributed by atoms with Crippen LogP contribution in [0, 0.1) is 0 Å². The Bertz CT molecular complexity index is 126. The summed E-state index contributed by atoms with van der Waals surface area (Å²) in [6.07, 6.45) is 0.755. The van der Waals surface area contributed by atoms with Crippen LogP contribution in [0.2, 0.25) is 0 Å². The molecule has 0 aromatic carbocycles. The van der Waals surface area contributed by atoms with Crippen molar-refractivity contribution in [2.45, 2.75) is 20.1 Å². The second-order valence-corrected chi connectivity index (χ2v) is 5.83. The molecular weight excluding hydrogens is 358 g/mol. The average molecular weight is 366 g/mol. The third-order valence-electron chi connectivity index (χ3n) is 1.93. The maximum absolute atomic E-state index is 5.56. The molecule has 0 N–H and O–H groups in total. The van der Waals surface area contributed by atoms with Crippen molar-refractivity contribution < 1.29 is 9.47 Å². The second kappa shape index (κ2) is 3.02. The van der Waals surface area contributed by atoms with E-state index in [1.165, 1.54) is 0 Å². The van der Waals surface area contributed by atoms with E-state index >= 15 is 0 Å². The van der Waals surface area contributed by atoms with Crippen molar-refractivity contribution in [3.8, 4) is 0 Å². The fourth-order valence-corrected chi connectivity index (χ4v) is 3.05. The Kier molecular flexibility index (Phi) is 2.42. The van der Waals surface area contributed by atoms with E-state index < -0.39 is 0 Å². The molecule has 0 radical (unpaired) electrons. The second-order valence-electron chi connectivity index (χ2n) is 2.63. The summed E-state index contributed by atoms with van der Waals surface area (Å²) in [6, 6.07) is 0. The van der Waals surface area contributed by atoms with Crippen LogP contribution in [0.15, 0.2) is 0 Å². The standard InChI is InChI=1S/C6H8I2O2/c7-3-1-9-6-4(8)2-10-5(3)6/h3-6H,1-2H2/t3-,4+,5-,6-/m1/s1. The topological polar surface area (TPSA) is 18.5 Å². The van der Waals surface area contributed by atoms with E-state index in [2.05, 4.69) is 45.2 Å². The number of ether oxygens (including phenoxy) is 2. The SMILES string of the molecule is I[C@@H]1CO[C@H]2[C@@H]1OC[C@@H]2I. The quantitative estimate of drug-likeness (QED) is 0.477. The van der Waals surface area contributed by atoms with Crippen LogP contribution < -0.4 is 0 Å². The Morgan fingerprint density at radius 3 is 1.70 bits per heavy atom. The Balaban J connectivity index is 2.09. The Morgan fingerprint density at radius 2 is 1.30 bits per heavy atom. The van der Waals surface area contributed by atoms with Gasteiger partial charge >= 0.3 is 0 Å². The lowest BCUT2D eigenvalue weighted by Gasteiger charge is -2.09. The largest absolute Gasteiger partial charge is 0.373 e. The maximum atomic E-state index is 5.56. The van der Waals surface area contributed by atoms with Gasteiger partial charge in [-0.25, -0.2) is 0 Å². The predicted molar refractivity (Wildman–Crippen MR) is 55.1 cm³/mol. The van der Waals surface area contributed by atoms with Gasteiger partial charge in [-0.1, -0.05) is 45.2 Å². The molecule has 0 aliphatic carbocycles. The van der Waals surface area contributed by atoms with Crippen molar-refractivity contribution in [2.24, 2.45) is 0 Å². The molecule has 2 rings (SSSR count). The van der Waals surface area contributed by atoms with Crippen molar-refractivity contribution in [1.82, 2.24) is 0 Å². The molecule has 10 heavy (non-hydrogen) atoms. The van der Waals surface area contributed by atoms with Crippen LogP contribution in [-0.2, 0) is 9.47 Å². The zero-order valence-electron chi connectivity index (χ0n) is 5.30. The van der Waals surface area contributed by atoms with E-state index in [1.807, 2.05) is 0 Å². The van der Waals surface area contributed by atoms with E-state index in [1.54, 1.807) is 0 Å². The van der Waals surface area contributed by atoms with E-state index in [-0.39, 0.29) is 0 Å². The van der Waals surface area contributed by atoms with Gasteiger partial charge < -0.3 is 9.47 Å². The van der Waals surface area contributed by atoms with Crippen LogP contribution in [-0.4, -0.2) is 33.3 Å². The van der Waals surface area contributed by atoms with Crippen LogP contribution in [0.4, 0.5) is 0 Å². The zero-order valence-corrected chi connectivity index (χ0v) is 9.61. The molecule has 2 saturated heterocycles. The van der Waals surface area contributed by atoms with Crippen LogP contribution >= 0.6 is 45.2 Å². The molecule has 0 spiro atoms. The van der Waals surface area contributed by atoms with Gasteiger partial charge in [-0.3, -0.25) is 0 Å². The van der Waals surface area contributed by atoms with Crippen LogP contribution in [0.3, 0.4) is 0 Å². The van der Waals surface area contributed by atoms with Gasteiger partial charge in [-0.2, -0.15) is 0 Å². The zero-order chi connectivity index (χ0) is 7.14. The molecule has 0 bridgehead atoms. The third kappa shape index (κ3) is 1.21. The van der Waals surface area contributed by atoms with Gasteiger partial charge in [0, 0.05) is 0 Å². The first-order valence-electron chi connectivity index (χ1n) is 3.30. The van der Waals surface area contributed by atoms with Gasteiger partial charge in [0.25, 0.3) is 0 Å². The van der Waals surface area contributed by atoms with Gasteiger partial charge in [0.15, 0.2) is 0 Å². The van der Waals surface area contributed by atoms with E-state index in [4.69, 9.17) is 9.47 Å². The highest BCUT2D eigenvalue weighted by Gasteiger charge is 2.45. The molecule has 2 aliphatic heterocycles. The summed E-state index contributed by atoms with van der Waals surface area (Å²) in [5.41, 5.74) is 0. The lowest BCUT2D eigenvalue weighted by molar-refractivity contribution is 0.0754. The van der Waals surface area contributed by atoms with Crippen molar-refractivity contribution in [3.05, 3.63) is 0 Å². The summed E-state index contributed by atoms with van der Waals surface area (Å²) >= 11 is 4.81. The summed E-state index contributed by atoms with van der Waals surface area (Å²) in [7, 11) is 0. The van der Waals surface area contributed by atoms with E-state index in [9.17, 15) is 0 Å². The molecule has 0 aromatic heterocycles. The Labute approximate surface area is 87.3 Å². The smallest absolute Gasteiger partial charge is 0.0987 e. The molecule has 4 heteroatoms. The fraction of sp³-hybridized carbons (Fsp3) is 1.00. The molecule has 2 fully saturated rings. The minimum atomic E-state index is 0.377. The monoisotopic (exact) mass is 366 g/mol. The number of fused-ring (bicyclic) bond motifs is 1. The summed E-state index contributed by atoms with van der Waals surface area (Å²) in [5.74, 6) is 0. The molecule has 2 heterocycles. The van der Waals surface area contributed by atoms with Gasteiger partial charge in [0.1, 0.15) is 0 Å². The van der Waals surface area contributed by atoms with Crippen molar-refractivity contribution >= 4 is 45.2 Å². The first-order valence-corrected chi connectivity index (χ1v) is 5.79. The molecule has 2 nitrogen and oxygen atoms in total. The molecular formula is C6H8I2O2. The summed E-state index contributed by atoms with van der Waals surface area (Å²) in [4.78, 5) is 0. The van der Waals surface area contributed by atoms with E-state index in [0.29, 0.717) is 20.1 Å². The molecule has 2 aliphatic rings. The highest BCUT2D eigenvalue weighted by Crippen LogP contribution is 2.34. The van der Waals surface area contributed by atoms with Crippen LogP contribution in [0.5, 0.6) is 0 Å². The lowest BCUT2D eigenvalue weighted by atomic mass is 10.2. The minimum Gasteiger partial charge on any atom is -0.373 e. The lowest BCUT2D eigenvalue weighted by Crippen LogP contribution is -2.25. The summed E-state index contributed by atoms with van der Waals surface area (Å²) in [5, 5.41) is 0. The van der Waals surface area contributed by atoms with Gasteiger partial charge in [0.05, 0.1) is 33.3 Å². The third-order valence-corrected chi connectivity index (χ3v) is 4.07. The number of hydrogen-bond acceptors (Lipinski definition) is 2. The van der Waals surface area contributed by atoms with Crippen molar-refractivity contribution in [1.29, 1.82) is 0 Å². The molecule has 0 amide bonds. The fourth-order valence-electron chi connectivity index (χ4n) is 1.41. The van der Waals surface area contributed by atoms with Crippen LogP contribution in [0.1, 0.15) is 0 Å². The number of alkyl halides is 2. The number of hydrogen-bond donors (Lipinski definition) is 0. The Hall–Kier alpha value is 1.38. The Morgan fingerprint density at radius 1 is 0.900 bits per heavy atom. The predicted octanol–water partition coefficient (Wildman–Crippen LogP) is 1.39. The molecule has 0 unspecified atom stereocenters. The maximum Gasteiger partial charge on any atom is 0.0987 e. The minimum absolute atomic E-state index is 0.377. The summed E-state index contributed by atoms with van der Waals surface area (Å²) < 4.78 is 12.3. The molecule has 4 atom stereocenters. The van der Waals surface area contributed by atoms with Gasteiger partial charge in [-0.05, 0) is 0 Å². The van der Waals surface area contributed by atoms with Crippen LogP contribution in [0.25, 0.3) is 0 Å². The van der Waals surface area contributed by atoms with Gasteiger partial charge in [0.2, 0.25) is 0 Å². The van der Waals surface area contributed by atoms with Gasteiger partial charge in [-0.15, -0.1) is 0 Å². The first kappa shape index (κ1) is 8.00. The van der Waals surface area contributed by atoms with Crippen molar-refractivity contribution in [3.63, 3.8) is 0 Å². The first-order chi connectivity index (χ1) is 4.79. The molecule has 58 valence electrons. The normalized spacial score (nSPS) is 53.4. The summed E-state index contributed by atoms with van der Waals surface area (Å²) in [6.45, 7) is 1.74. The highest BCUT2D eigenvalue weighted by molar-refractivity contribution is 14.1. The molecule has 0 saturated carbocycles. The molecule has 0 aromatic rings. The number of rotatable bonds is 0. The van der Waals surface area contributed by atoms with Crippen molar-refractivity contribution in [2.75, 3.05) is 13.2 Å². The highest BCUT2D eigenvalue weighted by atomic mass is 127. The number of halogens is 2. The average Bonchev–Trinajstić information content (AvgIpc) is 2.41.